The summed E-state index contributed by atoms with van der Waals surface area (Å²) in [6.45, 7) is 3.43. The van der Waals surface area contributed by atoms with Crippen LogP contribution in [0.4, 0.5) is 10.5 Å². The van der Waals surface area contributed by atoms with Crippen molar-refractivity contribution in [3.05, 3.63) is 30.2 Å². The van der Waals surface area contributed by atoms with Crippen molar-refractivity contribution < 1.29 is 21.2 Å². The maximum Gasteiger partial charge on any atom is 0.412 e. The number of ether oxygens (including phenoxy) is 1. The Morgan fingerprint density at radius 1 is 1.41 bits per heavy atom. The van der Waals surface area contributed by atoms with Crippen molar-refractivity contribution in [2.24, 2.45) is 0 Å². The predicted molar refractivity (Wildman–Crippen MR) is 64.7 cm³/mol. The number of amides is 2. The van der Waals surface area contributed by atoms with E-state index in [4.69, 9.17) is 11.6 Å². The minimum atomic E-state index is -1.09. The summed E-state index contributed by atoms with van der Waals surface area (Å²) in [5.41, 5.74) is -0.404. The molecule has 1 aromatic carbocycles. The van der Waals surface area contributed by atoms with Crippen LogP contribution >= 0.6 is 0 Å². The van der Waals surface area contributed by atoms with E-state index in [1.54, 1.807) is 6.92 Å². The van der Waals surface area contributed by atoms with Crippen molar-refractivity contribution in [3.63, 3.8) is 0 Å². The molecule has 92 valence electrons. The monoisotopic (exact) mass is 241 g/mol. The van der Waals surface area contributed by atoms with Crippen molar-refractivity contribution in [3.8, 4) is 0 Å². The minimum Gasteiger partial charge on any atom is -0.436 e. The van der Waals surface area contributed by atoms with Crippen LogP contribution < -0.4 is 10.6 Å². The Kier molecular flexibility index (Phi) is 2.81. The number of para-hydroxylation sites is 1. The number of likely N-dealkylation sites (N-methyl/N-ethyl adjacent to an activating group) is 1. The Balaban J connectivity index is 2.92. The lowest BCUT2D eigenvalue weighted by molar-refractivity contribution is -0.128. The number of carbonyl (C=O) groups is 2. The summed E-state index contributed by atoms with van der Waals surface area (Å²) >= 11 is 0. The molecule has 1 aromatic rings. The van der Waals surface area contributed by atoms with Crippen LogP contribution in [0.2, 0.25) is 0 Å². The Bertz CT molecular complexity index is 580. The Hall–Kier alpha value is -2.04. The number of nitrogens with one attached hydrogen (secondary N) is 2. The summed E-state index contributed by atoms with van der Waals surface area (Å²) in [4.78, 5) is 23.1. The average Bonchev–Trinajstić information content (AvgIpc) is 2.47. The average molecular weight is 241 g/mol. The van der Waals surface area contributed by atoms with Crippen LogP contribution in [-0.4, -0.2) is 24.6 Å². The van der Waals surface area contributed by atoms with E-state index in [-0.39, 0.29) is 0 Å². The van der Waals surface area contributed by atoms with Gasteiger partial charge in [-0.3, -0.25) is 10.1 Å². The number of benzene rings is 1. The second-order valence-corrected chi connectivity index (χ2v) is 3.07. The van der Waals surface area contributed by atoms with Gasteiger partial charge < -0.3 is 10.1 Å². The van der Waals surface area contributed by atoms with E-state index in [0.717, 1.165) is 0 Å². The summed E-state index contributed by atoms with van der Waals surface area (Å²) in [6.07, 6.45) is -2.16. The zero-order valence-corrected chi connectivity index (χ0v) is 9.51. The molecule has 5 nitrogen and oxygen atoms in total. The standard InChI is InChI=1S/C12H16N2O3/c1-3-13-11(15)9(2)17-12(16)14-10-7-5-4-6-8-10/h4-9H,3H2,1-2H3,(H,13,15)(H,14,16)/t9-/m1/s1/i4D,5D,6D,7D,8D. The van der Waals surface area contributed by atoms with Gasteiger partial charge in [0.25, 0.3) is 5.91 Å². The van der Waals surface area contributed by atoms with E-state index in [1.807, 2.05) is 0 Å². The summed E-state index contributed by atoms with van der Waals surface area (Å²) in [5.74, 6) is -0.501. The fourth-order valence-electron chi connectivity index (χ4n) is 0.976. The van der Waals surface area contributed by atoms with Crippen molar-refractivity contribution in [1.82, 2.24) is 5.32 Å². The van der Waals surface area contributed by atoms with E-state index in [1.165, 1.54) is 6.92 Å². The molecular weight excluding hydrogens is 220 g/mol. The van der Waals surface area contributed by atoms with E-state index in [0.29, 0.717) is 6.54 Å². The molecule has 0 spiro atoms. The zero-order valence-electron chi connectivity index (χ0n) is 14.5. The summed E-state index contributed by atoms with van der Waals surface area (Å²) < 4.78 is 42.5. The van der Waals surface area contributed by atoms with Crippen molar-refractivity contribution in [2.75, 3.05) is 11.9 Å². The van der Waals surface area contributed by atoms with Crippen LogP contribution in [0.15, 0.2) is 30.2 Å². The molecular formula is C12H16N2O3. The van der Waals surface area contributed by atoms with Crippen LogP contribution in [0.1, 0.15) is 20.7 Å². The molecule has 17 heavy (non-hydrogen) atoms. The molecule has 0 radical (unpaired) electrons. The molecule has 0 heterocycles. The molecule has 0 saturated carbocycles. The molecule has 0 aliphatic heterocycles. The van der Waals surface area contributed by atoms with E-state index in [9.17, 15) is 9.59 Å². The fraction of sp³-hybridized carbons (Fsp3) is 0.333. The van der Waals surface area contributed by atoms with Gasteiger partial charge in [0.05, 0.1) is 6.85 Å². The first kappa shape index (κ1) is 7.32. The number of hydrogen-bond acceptors (Lipinski definition) is 3. The first-order chi connectivity index (χ1) is 10.2. The lowest BCUT2D eigenvalue weighted by Gasteiger charge is -2.13. The molecule has 0 aliphatic carbocycles. The van der Waals surface area contributed by atoms with Crippen LogP contribution in [0.25, 0.3) is 0 Å². The molecule has 0 fully saturated rings. The molecule has 2 N–H and O–H groups in total. The predicted octanol–water partition coefficient (Wildman–Crippen LogP) is 1.76. The van der Waals surface area contributed by atoms with Crippen LogP contribution in [0.5, 0.6) is 0 Å². The Morgan fingerprint density at radius 3 is 2.65 bits per heavy atom. The van der Waals surface area contributed by atoms with Gasteiger partial charge in [0.2, 0.25) is 0 Å². The molecule has 5 heteroatoms. The van der Waals surface area contributed by atoms with Crippen LogP contribution in [0.3, 0.4) is 0 Å². The van der Waals surface area contributed by atoms with Crippen LogP contribution in [-0.2, 0) is 9.53 Å². The van der Waals surface area contributed by atoms with Crippen molar-refractivity contribution in [1.29, 1.82) is 0 Å². The topological polar surface area (TPSA) is 67.4 Å². The van der Waals surface area contributed by atoms with Gasteiger partial charge in [0, 0.05) is 12.2 Å². The number of anilines is 1. The molecule has 1 atom stereocenters. The minimum absolute atomic E-state index is 0.372. The molecule has 0 unspecified atom stereocenters. The van der Waals surface area contributed by atoms with Gasteiger partial charge in [-0.2, -0.15) is 0 Å². The van der Waals surface area contributed by atoms with Crippen molar-refractivity contribution in [2.45, 2.75) is 20.0 Å². The largest absolute Gasteiger partial charge is 0.436 e. The van der Waals surface area contributed by atoms with Crippen LogP contribution in [0, 0.1) is 0 Å². The lowest BCUT2D eigenvalue weighted by atomic mass is 10.3. The number of hydrogen-bond donors (Lipinski definition) is 2. The molecule has 1 rings (SSSR count). The lowest BCUT2D eigenvalue weighted by Crippen LogP contribution is -2.36. The molecule has 0 aromatic heterocycles. The summed E-state index contributed by atoms with van der Waals surface area (Å²) in [6, 6.07) is -2.84. The fourth-order valence-corrected chi connectivity index (χ4v) is 0.976. The third kappa shape index (κ3) is 4.55. The SMILES string of the molecule is [2H]c1c([2H])c([2H])c(NC(=O)O[C@H](C)C(=O)NCC)c([2H])c1[2H]. The highest BCUT2D eigenvalue weighted by Gasteiger charge is 2.16. The normalized spacial score (nSPS) is 15.5. The first-order valence-electron chi connectivity index (χ1n) is 7.52. The second-order valence-electron chi connectivity index (χ2n) is 3.07. The third-order valence-electron chi connectivity index (χ3n) is 1.73. The Labute approximate surface area is 107 Å². The van der Waals surface area contributed by atoms with Gasteiger partial charge in [-0.15, -0.1) is 0 Å². The Morgan fingerprint density at radius 2 is 2.06 bits per heavy atom. The van der Waals surface area contributed by atoms with Gasteiger partial charge in [0.1, 0.15) is 0 Å². The van der Waals surface area contributed by atoms with E-state index < -0.39 is 54.0 Å². The van der Waals surface area contributed by atoms with E-state index in [2.05, 4.69) is 10.6 Å². The summed E-state index contributed by atoms with van der Waals surface area (Å²) in [5, 5.41) is 4.54. The number of carbonyl (C=O) groups excluding carboxylic acids is 2. The zero-order chi connectivity index (χ0) is 17.0. The molecule has 2 amide bonds. The molecule has 0 saturated heterocycles. The van der Waals surface area contributed by atoms with Gasteiger partial charge >= 0.3 is 6.09 Å². The highest BCUT2D eigenvalue weighted by Crippen LogP contribution is 2.06. The van der Waals surface area contributed by atoms with Gasteiger partial charge in [-0.05, 0) is 25.9 Å². The highest BCUT2D eigenvalue weighted by atomic mass is 16.6. The van der Waals surface area contributed by atoms with E-state index >= 15 is 0 Å². The quantitative estimate of drug-likeness (QED) is 0.844. The number of rotatable bonds is 4. The molecule has 0 aliphatic rings. The highest BCUT2D eigenvalue weighted by molar-refractivity contribution is 5.88. The molecule has 0 bridgehead atoms. The van der Waals surface area contributed by atoms with Gasteiger partial charge in [-0.25, -0.2) is 4.79 Å². The smallest absolute Gasteiger partial charge is 0.412 e. The maximum atomic E-state index is 11.7. The van der Waals surface area contributed by atoms with Gasteiger partial charge in [-0.1, -0.05) is 18.1 Å². The van der Waals surface area contributed by atoms with Gasteiger partial charge in [0.15, 0.2) is 6.10 Å². The van der Waals surface area contributed by atoms with Crippen molar-refractivity contribution >= 4 is 17.7 Å². The first-order valence-corrected chi connectivity index (χ1v) is 5.02. The third-order valence-corrected chi connectivity index (χ3v) is 1.73. The second kappa shape index (κ2) is 6.52. The maximum absolute atomic E-state index is 11.7. The summed E-state index contributed by atoms with van der Waals surface area (Å²) in [7, 11) is 0.